The van der Waals surface area contributed by atoms with Crippen LogP contribution in [0.4, 0.5) is 0 Å². The van der Waals surface area contributed by atoms with Crippen molar-refractivity contribution in [2.24, 2.45) is 5.73 Å². The first kappa shape index (κ1) is 9.18. The summed E-state index contributed by atoms with van der Waals surface area (Å²) in [5.41, 5.74) is 7.17. The van der Waals surface area contributed by atoms with Crippen LogP contribution >= 0.6 is 11.3 Å². The predicted molar refractivity (Wildman–Crippen MR) is 57.8 cm³/mol. The van der Waals surface area contributed by atoms with Gasteiger partial charge >= 0.3 is 0 Å². The predicted octanol–water partition coefficient (Wildman–Crippen LogP) is 1.36. The van der Waals surface area contributed by atoms with Crippen LogP contribution in [0.2, 0.25) is 0 Å². The van der Waals surface area contributed by atoms with Crippen LogP contribution in [0.3, 0.4) is 0 Å². The topological polar surface area (TPSA) is 48.0 Å². The number of pyridine rings is 1. The van der Waals surface area contributed by atoms with Crippen molar-refractivity contribution in [3.05, 3.63) is 51.1 Å². The molecule has 0 aromatic carbocycles. The second kappa shape index (κ2) is 3.77. The maximum absolute atomic E-state index is 11.6. The minimum atomic E-state index is -0.0358. The lowest BCUT2D eigenvalue weighted by molar-refractivity contribution is 0.960. The maximum Gasteiger partial charge on any atom is 0.255 e. The molecule has 0 spiro atoms. The highest BCUT2D eigenvalue weighted by atomic mass is 32.1. The van der Waals surface area contributed by atoms with Crippen molar-refractivity contribution >= 4 is 11.3 Å². The third-order valence-electron chi connectivity index (χ3n) is 2.00. The fraction of sp³-hybridized carbons (Fsp3) is 0.100. The van der Waals surface area contributed by atoms with Gasteiger partial charge in [-0.3, -0.25) is 9.36 Å². The molecule has 14 heavy (non-hydrogen) atoms. The summed E-state index contributed by atoms with van der Waals surface area (Å²) in [5, 5.41) is 3.88. The maximum atomic E-state index is 11.6. The average molecular weight is 206 g/mol. The lowest BCUT2D eigenvalue weighted by Gasteiger charge is -2.02. The van der Waals surface area contributed by atoms with E-state index in [0.29, 0.717) is 6.54 Å². The van der Waals surface area contributed by atoms with Crippen LogP contribution in [0.25, 0.3) is 5.69 Å². The highest BCUT2D eigenvalue weighted by Gasteiger charge is 1.99. The molecule has 2 aromatic heterocycles. The third-order valence-corrected chi connectivity index (χ3v) is 2.67. The van der Waals surface area contributed by atoms with Crippen molar-refractivity contribution in [3.8, 4) is 5.69 Å². The smallest absolute Gasteiger partial charge is 0.255 e. The minimum Gasteiger partial charge on any atom is -0.326 e. The Balaban J connectivity index is 2.51. The van der Waals surface area contributed by atoms with Crippen molar-refractivity contribution in [3.63, 3.8) is 0 Å². The zero-order chi connectivity index (χ0) is 9.97. The Labute approximate surface area is 85.4 Å². The molecule has 0 bridgehead atoms. The molecule has 0 aliphatic heterocycles. The van der Waals surface area contributed by atoms with Crippen LogP contribution in [0.5, 0.6) is 0 Å². The van der Waals surface area contributed by atoms with E-state index in [-0.39, 0.29) is 5.56 Å². The molecule has 0 atom stereocenters. The molecule has 2 N–H and O–H groups in total. The van der Waals surface area contributed by atoms with Gasteiger partial charge in [0.05, 0.1) is 5.69 Å². The Morgan fingerprint density at radius 3 is 2.86 bits per heavy atom. The SMILES string of the molecule is NCc1ccn(-c2ccsc2)c(=O)c1. The van der Waals surface area contributed by atoms with Crippen LogP contribution < -0.4 is 11.3 Å². The fourth-order valence-corrected chi connectivity index (χ4v) is 1.88. The first-order valence-corrected chi connectivity index (χ1v) is 5.20. The molecular formula is C10H10N2OS. The Bertz CT molecular complexity index is 473. The summed E-state index contributed by atoms with van der Waals surface area (Å²) in [6.45, 7) is 0.402. The normalized spacial score (nSPS) is 10.4. The van der Waals surface area contributed by atoms with E-state index in [1.54, 1.807) is 28.2 Å². The molecule has 0 saturated heterocycles. The number of nitrogens with zero attached hydrogens (tertiary/aromatic N) is 1. The van der Waals surface area contributed by atoms with Crippen molar-refractivity contribution < 1.29 is 0 Å². The van der Waals surface area contributed by atoms with Crippen LogP contribution in [0, 0.1) is 0 Å². The van der Waals surface area contributed by atoms with E-state index < -0.39 is 0 Å². The van der Waals surface area contributed by atoms with E-state index in [1.807, 2.05) is 22.9 Å². The molecule has 2 heterocycles. The number of aromatic nitrogens is 1. The van der Waals surface area contributed by atoms with Gasteiger partial charge in [-0.1, -0.05) is 0 Å². The second-order valence-corrected chi connectivity index (χ2v) is 3.71. The molecule has 0 saturated carbocycles. The molecular weight excluding hydrogens is 196 g/mol. The molecule has 0 aliphatic carbocycles. The summed E-state index contributed by atoms with van der Waals surface area (Å²) in [7, 11) is 0. The Morgan fingerprint density at radius 1 is 1.43 bits per heavy atom. The van der Waals surface area contributed by atoms with Gasteiger partial charge in [0.2, 0.25) is 0 Å². The van der Waals surface area contributed by atoms with Crippen LogP contribution in [-0.2, 0) is 6.54 Å². The molecule has 2 aromatic rings. The average Bonchev–Trinajstić information content (AvgIpc) is 2.70. The fourth-order valence-electron chi connectivity index (χ4n) is 1.25. The zero-order valence-electron chi connectivity index (χ0n) is 7.51. The van der Waals surface area contributed by atoms with Gasteiger partial charge in [-0.25, -0.2) is 0 Å². The molecule has 0 fully saturated rings. The van der Waals surface area contributed by atoms with Gasteiger partial charge in [0.15, 0.2) is 0 Å². The third kappa shape index (κ3) is 1.62. The Hall–Kier alpha value is -1.39. The van der Waals surface area contributed by atoms with Crippen molar-refractivity contribution in [2.45, 2.75) is 6.54 Å². The first-order valence-electron chi connectivity index (χ1n) is 4.25. The number of hydrogen-bond donors (Lipinski definition) is 1. The van der Waals surface area contributed by atoms with Gasteiger partial charge in [-0.15, -0.1) is 0 Å². The van der Waals surface area contributed by atoms with Crippen LogP contribution in [-0.4, -0.2) is 4.57 Å². The largest absolute Gasteiger partial charge is 0.326 e. The van der Waals surface area contributed by atoms with E-state index in [1.165, 1.54) is 0 Å². The van der Waals surface area contributed by atoms with Gasteiger partial charge < -0.3 is 5.73 Å². The minimum absolute atomic E-state index is 0.0358. The number of hydrogen-bond acceptors (Lipinski definition) is 3. The summed E-state index contributed by atoms with van der Waals surface area (Å²) < 4.78 is 1.61. The molecule has 2 rings (SSSR count). The molecule has 0 radical (unpaired) electrons. The van der Waals surface area contributed by atoms with Crippen molar-refractivity contribution in [2.75, 3.05) is 0 Å². The van der Waals surface area contributed by atoms with E-state index in [9.17, 15) is 4.79 Å². The summed E-state index contributed by atoms with van der Waals surface area (Å²) in [5.74, 6) is 0. The Kier molecular flexibility index (Phi) is 2.47. The molecule has 0 aliphatic rings. The lowest BCUT2D eigenvalue weighted by atomic mass is 10.2. The molecule has 4 heteroatoms. The van der Waals surface area contributed by atoms with E-state index >= 15 is 0 Å². The van der Waals surface area contributed by atoms with Gasteiger partial charge in [0, 0.05) is 24.2 Å². The zero-order valence-corrected chi connectivity index (χ0v) is 8.33. The standard InChI is InChI=1S/C10H10N2OS/c11-6-8-1-3-12(10(13)5-8)9-2-4-14-7-9/h1-5,7H,6,11H2. The first-order chi connectivity index (χ1) is 6.81. The van der Waals surface area contributed by atoms with Gasteiger partial charge in [0.1, 0.15) is 0 Å². The van der Waals surface area contributed by atoms with Crippen molar-refractivity contribution in [1.82, 2.24) is 4.57 Å². The number of thiophene rings is 1. The molecule has 72 valence electrons. The summed E-state index contributed by atoms with van der Waals surface area (Å²) in [6, 6.07) is 5.34. The van der Waals surface area contributed by atoms with Gasteiger partial charge in [-0.2, -0.15) is 11.3 Å². The number of rotatable bonds is 2. The highest BCUT2D eigenvalue weighted by Crippen LogP contribution is 2.09. The highest BCUT2D eigenvalue weighted by molar-refractivity contribution is 7.08. The van der Waals surface area contributed by atoms with Crippen molar-refractivity contribution in [1.29, 1.82) is 0 Å². The van der Waals surface area contributed by atoms with Crippen LogP contribution in [0.15, 0.2) is 40.0 Å². The summed E-state index contributed by atoms with van der Waals surface area (Å²) in [4.78, 5) is 11.6. The quantitative estimate of drug-likeness (QED) is 0.806. The van der Waals surface area contributed by atoms with E-state index in [2.05, 4.69) is 0 Å². The lowest BCUT2D eigenvalue weighted by Crippen LogP contribution is -2.17. The van der Waals surface area contributed by atoms with E-state index in [0.717, 1.165) is 11.3 Å². The van der Waals surface area contributed by atoms with Crippen LogP contribution in [0.1, 0.15) is 5.56 Å². The molecule has 0 unspecified atom stereocenters. The second-order valence-electron chi connectivity index (χ2n) is 2.93. The van der Waals surface area contributed by atoms with Gasteiger partial charge in [0.25, 0.3) is 5.56 Å². The molecule has 0 amide bonds. The summed E-state index contributed by atoms with van der Waals surface area (Å²) in [6.07, 6.45) is 1.76. The monoisotopic (exact) mass is 206 g/mol. The number of nitrogens with two attached hydrogens (primary N) is 1. The summed E-state index contributed by atoms with van der Waals surface area (Å²) >= 11 is 1.57. The molecule has 3 nitrogen and oxygen atoms in total. The van der Waals surface area contributed by atoms with E-state index in [4.69, 9.17) is 5.73 Å². The Morgan fingerprint density at radius 2 is 2.29 bits per heavy atom. The van der Waals surface area contributed by atoms with Gasteiger partial charge in [-0.05, 0) is 23.1 Å².